The summed E-state index contributed by atoms with van der Waals surface area (Å²) in [7, 11) is 0. The van der Waals surface area contributed by atoms with Gasteiger partial charge in [0, 0.05) is 5.41 Å². The number of aliphatic hydroxyl groups is 1. The molecule has 1 aliphatic rings. The van der Waals surface area contributed by atoms with Gasteiger partial charge >= 0.3 is 0 Å². The van der Waals surface area contributed by atoms with Crippen molar-refractivity contribution in [2.75, 3.05) is 6.67 Å². The molecule has 0 radical (unpaired) electrons. The Labute approximate surface area is 65.4 Å². The Bertz CT molecular complexity index is 143. The maximum atomic E-state index is 11.8. The van der Waals surface area contributed by atoms with Crippen molar-refractivity contribution in [3.63, 3.8) is 0 Å². The van der Waals surface area contributed by atoms with Gasteiger partial charge in [0.1, 0.15) is 13.0 Å². The average molecular weight is 160 g/mol. The van der Waals surface area contributed by atoms with Crippen molar-refractivity contribution in [1.29, 1.82) is 0 Å². The van der Waals surface area contributed by atoms with Crippen LogP contribution in [0.4, 0.5) is 4.39 Å². The molecule has 1 saturated carbocycles. The van der Waals surface area contributed by atoms with Crippen LogP contribution in [0.5, 0.6) is 0 Å². The van der Waals surface area contributed by atoms with Crippen molar-refractivity contribution in [3.8, 4) is 0 Å². The number of carbonyl (C=O) groups is 1. The molecule has 0 aliphatic heterocycles. The summed E-state index contributed by atoms with van der Waals surface area (Å²) in [6.07, 6.45) is 2.88. The van der Waals surface area contributed by atoms with Crippen LogP contribution in [-0.2, 0) is 4.79 Å². The van der Waals surface area contributed by atoms with Crippen LogP contribution in [0.2, 0.25) is 0 Å². The Morgan fingerprint density at radius 3 is 2.55 bits per heavy atom. The van der Waals surface area contributed by atoms with Crippen LogP contribution in [0.15, 0.2) is 0 Å². The topological polar surface area (TPSA) is 37.3 Å². The Kier molecular flexibility index (Phi) is 2.60. The summed E-state index contributed by atoms with van der Waals surface area (Å²) in [6, 6.07) is 0. The molecule has 3 heteroatoms. The molecule has 11 heavy (non-hydrogen) atoms. The molecule has 0 bridgehead atoms. The molecular weight excluding hydrogens is 147 g/mol. The summed E-state index contributed by atoms with van der Waals surface area (Å²) in [5.41, 5.74) is -0.383. The standard InChI is InChI=1S/C8H13FO2/c9-5-7(11)4-8(6-10)2-1-3-8/h6-7,11H,1-5H2. The van der Waals surface area contributed by atoms with Crippen LogP contribution < -0.4 is 0 Å². The molecule has 0 amide bonds. The lowest BCUT2D eigenvalue weighted by Crippen LogP contribution is -2.35. The molecular formula is C8H13FO2. The van der Waals surface area contributed by atoms with Crippen LogP contribution in [0, 0.1) is 5.41 Å². The van der Waals surface area contributed by atoms with Gasteiger partial charge < -0.3 is 9.90 Å². The summed E-state index contributed by atoms with van der Waals surface area (Å²) in [6.45, 7) is -0.740. The fourth-order valence-corrected chi connectivity index (χ4v) is 1.52. The van der Waals surface area contributed by atoms with E-state index in [1.165, 1.54) is 0 Å². The van der Waals surface area contributed by atoms with E-state index < -0.39 is 12.8 Å². The van der Waals surface area contributed by atoms with E-state index in [-0.39, 0.29) is 5.41 Å². The quantitative estimate of drug-likeness (QED) is 0.625. The third-order valence-corrected chi connectivity index (χ3v) is 2.42. The van der Waals surface area contributed by atoms with Crippen molar-refractivity contribution in [1.82, 2.24) is 0 Å². The van der Waals surface area contributed by atoms with E-state index in [0.717, 1.165) is 25.5 Å². The largest absolute Gasteiger partial charge is 0.390 e. The molecule has 0 heterocycles. The fraction of sp³-hybridized carbons (Fsp3) is 0.875. The highest BCUT2D eigenvalue weighted by molar-refractivity contribution is 5.60. The molecule has 2 nitrogen and oxygen atoms in total. The van der Waals surface area contributed by atoms with Crippen LogP contribution in [0.1, 0.15) is 25.7 Å². The van der Waals surface area contributed by atoms with Gasteiger partial charge in [-0.25, -0.2) is 4.39 Å². The lowest BCUT2D eigenvalue weighted by atomic mass is 9.67. The van der Waals surface area contributed by atoms with E-state index >= 15 is 0 Å². The summed E-state index contributed by atoms with van der Waals surface area (Å²) < 4.78 is 11.8. The summed E-state index contributed by atoms with van der Waals surface area (Å²) in [5, 5.41) is 8.96. The summed E-state index contributed by atoms with van der Waals surface area (Å²) in [4.78, 5) is 10.5. The molecule has 64 valence electrons. The minimum absolute atomic E-state index is 0.299. The minimum atomic E-state index is -0.944. The third kappa shape index (κ3) is 1.77. The predicted molar refractivity (Wildman–Crippen MR) is 38.9 cm³/mol. The van der Waals surface area contributed by atoms with Gasteiger partial charge in [-0.3, -0.25) is 0 Å². The molecule has 1 aliphatic carbocycles. The number of hydrogen-bond donors (Lipinski definition) is 1. The molecule has 0 spiro atoms. The van der Waals surface area contributed by atoms with Crippen LogP contribution >= 0.6 is 0 Å². The first-order valence-corrected chi connectivity index (χ1v) is 3.93. The van der Waals surface area contributed by atoms with Crippen molar-refractivity contribution in [2.45, 2.75) is 31.8 Å². The molecule has 1 N–H and O–H groups in total. The van der Waals surface area contributed by atoms with Gasteiger partial charge in [0.25, 0.3) is 0 Å². The number of hydrogen-bond acceptors (Lipinski definition) is 2. The van der Waals surface area contributed by atoms with Crippen molar-refractivity contribution >= 4 is 6.29 Å². The Morgan fingerprint density at radius 2 is 2.27 bits per heavy atom. The highest BCUT2D eigenvalue weighted by atomic mass is 19.1. The van der Waals surface area contributed by atoms with Crippen LogP contribution in [0.25, 0.3) is 0 Å². The maximum Gasteiger partial charge on any atom is 0.126 e. The zero-order chi connectivity index (χ0) is 8.32. The zero-order valence-corrected chi connectivity index (χ0v) is 6.42. The van der Waals surface area contributed by atoms with Crippen molar-refractivity contribution < 1.29 is 14.3 Å². The van der Waals surface area contributed by atoms with Crippen LogP contribution in [-0.4, -0.2) is 24.2 Å². The normalized spacial score (nSPS) is 23.8. The predicted octanol–water partition coefficient (Wildman–Crippen LogP) is 1.08. The highest BCUT2D eigenvalue weighted by Crippen LogP contribution is 2.42. The number of carbonyl (C=O) groups excluding carboxylic acids is 1. The molecule has 1 fully saturated rings. The Balaban J connectivity index is 2.38. The number of aldehydes is 1. The lowest BCUT2D eigenvalue weighted by Gasteiger charge is -2.37. The second kappa shape index (κ2) is 3.30. The molecule has 0 aromatic rings. The van der Waals surface area contributed by atoms with Crippen molar-refractivity contribution in [3.05, 3.63) is 0 Å². The van der Waals surface area contributed by atoms with E-state index in [0.29, 0.717) is 6.42 Å². The maximum absolute atomic E-state index is 11.8. The Hall–Kier alpha value is -0.440. The zero-order valence-electron chi connectivity index (χ0n) is 6.42. The van der Waals surface area contributed by atoms with Gasteiger partial charge in [0.05, 0.1) is 6.10 Å². The van der Waals surface area contributed by atoms with Gasteiger partial charge in [-0.2, -0.15) is 0 Å². The lowest BCUT2D eigenvalue weighted by molar-refractivity contribution is -0.123. The Morgan fingerprint density at radius 1 is 1.64 bits per heavy atom. The van der Waals surface area contributed by atoms with Gasteiger partial charge in [0.15, 0.2) is 0 Å². The van der Waals surface area contributed by atoms with Gasteiger partial charge in [-0.15, -0.1) is 0 Å². The van der Waals surface area contributed by atoms with E-state index in [1.807, 2.05) is 0 Å². The van der Waals surface area contributed by atoms with E-state index in [4.69, 9.17) is 5.11 Å². The SMILES string of the molecule is O=CC1(CC(O)CF)CCC1. The van der Waals surface area contributed by atoms with Crippen LogP contribution in [0.3, 0.4) is 0 Å². The summed E-state index contributed by atoms with van der Waals surface area (Å²) in [5.74, 6) is 0. The average Bonchev–Trinajstić information content (AvgIpc) is 1.96. The fourth-order valence-electron chi connectivity index (χ4n) is 1.52. The molecule has 1 unspecified atom stereocenters. The van der Waals surface area contributed by atoms with Gasteiger partial charge in [-0.05, 0) is 19.3 Å². The summed E-state index contributed by atoms with van der Waals surface area (Å²) >= 11 is 0. The highest BCUT2D eigenvalue weighted by Gasteiger charge is 2.38. The number of halogens is 1. The first-order valence-electron chi connectivity index (χ1n) is 3.93. The second-order valence-electron chi connectivity index (χ2n) is 3.35. The van der Waals surface area contributed by atoms with E-state index in [9.17, 15) is 9.18 Å². The molecule has 1 rings (SSSR count). The third-order valence-electron chi connectivity index (χ3n) is 2.42. The number of rotatable bonds is 4. The monoisotopic (exact) mass is 160 g/mol. The van der Waals surface area contributed by atoms with Gasteiger partial charge in [-0.1, -0.05) is 6.42 Å². The van der Waals surface area contributed by atoms with Crippen molar-refractivity contribution in [2.24, 2.45) is 5.41 Å². The number of aliphatic hydroxyl groups excluding tert-OH is 1. The first kappa shape index (κ1) is 8.65. The molecule has 0 saturated heterocycles. The van der Waals surface area contributed by atoms with E-state index in [1.54, 1.807) is 0 Å². The number of alkyl halides is 1. The minimum Gasteiger partial charge on any atom is -0.390 e. The van der Waals surface area contributed by atoms with E-state index in [2.05, 4.69) is 0 Å². The second-order valence-corrected chi connectivity index (χ2v) is 3.35. The first-order chi connectivity index (χ1) is 5.22. The molecule has 1 atom stereocenters. The smallest absolute Gasteiger partial charge is 0.126 e. The molecule has 0 aromatic carbocycles. The molecule has 0 aromatic heterocycles. The van der Waals surface area contributed by atoms with Gasteiger partial charge in [0.2, 0.25) is 0 Å².